The topological polar surface area (TPSA) is 72.7 Å². The summed E-state index contributed by atoms with van der Waals surface area (Å²) < 4.78 is 1.90. The zero-order valence-electron chi connectivity index (χ0n) is 13.6. The Morgan fingerprint density at radius 1 is 1.25 bits per heavy atom. The molecule has 3 rings (SSSR count). The Kier molecular flexibility index (Phi) is 4.96. The van der Waals surface area contributed by atoms with Crippen molar-refractivity contribution in [3.8, 4) is 11.4 Å². The second kappa shape index (κ2) is 7.14. The second-order valence-corrected chi connectivity index (χ2v) is 7.52. The van der Waals surface area contributed by atoms with Crippen molar-refractivity contribution in [2.24, 2.45) is 7.05 Å². The van der Waals surface area contributed by atoms with E-state index in [1.807, 2.05) is 49.7 Å². The van der Waals surface area contributed by atoms with Crippen LogP contribution in [0.5, 0.6) is 0 Å². The quantitative estimate of drug-likeness (QED) is 0.708. The number of thioether (sulfide) groups is 1. The van der Waals surface area contributed by atoms with E-state index in [-0.39, 0.29) is 11.7 Å². The van der Waals surface area contributed by atoms with Crippen LogP contribution in [0, 0.1) is 13.8 Å². The van der Waals surface area contributed by atoms with Gasteiger partial charge < -0.3 is 9.88 Å². The van der Waals surface area contributed by atoms with Gasteiger partial charge in [0.05, 0.1) is 5.75 Å². The summed E-state index contributed by atoms with van der Waals surface area (Å²) in [6.45, 7) is 4.00. The Morgan fingerprint density at radius 3 is 2.67 bits per heavy atom. The average Bonchev–Trinajstić information content (AvgIpc) is 3.12. The van der Waals surface area contributed by atoms with Crippen molar-refractivity contribution in [1.29, 1.82) is 0 Å². The number of nitrogens with one attached hydrogen (secondary N) is 1. The minimum absolute atomic E-state index is 0.103. The van der Waals surface area contributed by atoms with Crippen molar-refractivity contribution in [1.82, 2.24) is 19.7 Å². The molecular formula is C16H17N5OS2. The molecule has 3 aromatic rings. The van der Waals surface area contributed by atoms with E-state index in [1.54, 1.807) is 6.20 Å². The molecule has 1 aromatic carbocycles. The molecule has 0 spiro atoms. The van der Waals surface area contributed by atoms with Crippen LogP contribution in [0.25, 0.3) is 11.4 Å². The molecule has 0 fully saturated rings. The van der Waals surface area contributed by atoms with Crippen LogP contribution in [0.1, 0.15) is 10.4 Å². The third kappa shape index (κ3) is 3.82. The van der Waals surface area contributed by atoms with E-state index < -0.39 is 0 Å². The number of benzene rings is 1. The predicted octanol–water partition coefficient (Wildman–Crippen LogP) is 3.29. The first-order chi connectivity index (χ1) is 11.5. The van der Waals surface area contributed by atoms with Crippen LogP contribution in [0.15, 0.2) is 35.6 Å². The Hall–Kier alpha value is -2.19. The molecule has 1 amide bonds. The first-order valence-electron chi connectivity index (χ1n) is 7.34. The molecule has 0 saturated heterocycles. The zero-order valence-corrected chi connectivity index (χ0v) is 15.2. The highest BCUT2D eigenvalue weighted by Gasteiger charge is 2.13. The predicted molar refractivity (Wildman–Crippen MR) is 97.4 cm³/mol. The third-order valence-corrected chi connectivity index (χ3v) is 5.19. The molecule has 0 saturated carbocycles. The van der Waals surface area contributed by atoms with Crippen LogP contribution in [0.3, 0.4) is 0 Å². The number of anilines is 1. The van der Waals surface area contributed by atoms with Gasteiger partial charge in [-0.1, -0.05) is 41.6 Å². The summed E-state index contributed by atoms with van der Waals surface area (Å²) >= 11 is 2.81. The van der Waals surface area contributed by atoms with Crippen molar-refractivity contribution in [3.05, 3.63) is 40.9 Å². The monoisotopic (exact) mass is 359 g/mol. The highest BCUT2D eigenvalue weighted by molar-refractivity contribution is 7.99. The van der Waals surface area contributed by atoms with E-state index in [9.17, 15) is 4.79 Å². The fourth-order valence-corrected chi connectivity index (χ4v) is 3.48. The van der Waals surface area contributed by atoms with Gasteiger partial charge in [-0.05, 0) is 13.8 Å². The van der Waals surface area contributed by atoms with Crippen molar-refractivity contribution < 1.29 is 4.79 Å². The van der Waals surface area contributed by atoms with Crippen LogP contribution >= 0.6 is 23.1 Å². The Balaban J connectivity index is 1.63. The second-order valence-electron chi connectivity index (χ2n) is 5.34. The van der Waals surface area contributed by atoms with Crippen molar-refractivity contribution in [2.75, 3.05) is 11.1 Å². The first-order valence-corrected chi connectivity index (χ1v) is 9.14. The van der Waals surface area contributed by atoms with Crippen LogP contribution in [0.2, 0.25) is 0 Å². The fourth-order valence-electron chi connectivity index (χ4n) is 2.09. The van der Waals surface area contributed by atoms with Gasteiger partial charge in [0.15, 0.2) is 16.1 Å². The van der Waals surface area contributed by atoms with Gasteiger partial charge in [0.25, 0.3) is 0 Å². The zero-order chi connectivity index (χ0) is 17.1. The number of hydrogen-bond acceptors (Lipinski definition) is 6. The molecule has 0 unspecified atom stereocenters. The van der Waals surface area contributed by atoms with E-state index >= 15 is 0 Å². The number of carbonyl (C=O) groups is 1. The largest absolute Gasteiger partial charge is 0.305 e. The molecule has 2 heterocycles. The Labute approximate surface area is 148 Å². The molecule has 0 atom stereocenters. The summed E-state index contributed by atoms with van der Waals surface area (Å²) in [6, 6.07) is 8.12. The molecule has 0 bridgehead atoms. The van der Waals surface area contributed by atoms with Gasteiger partial charge in [0, 0.05) is 23.7 Å². The minimum atomic E-state index is -0.103. The lowest BCUT2D eigenvalue weighted by molar-refractivity contribution is -0.113. The molecule has 0 aliphatic heterocycles. The maximum absolute atomic E-state index is 12.0. The number of amides is 1. The number of nitrogens with zero attached hydrogens (tertiary/aromatic N) is 4. The standard InChI is InChI=1S/C16H17N5OS2/c1-10-4-6-12(7-5-10)14-19-20-16(21(14)3)23-9-13(22)18-15-17-8-11(2)24-15/h4-8H,9H2,1-3H3,(H,17,18,22). The van der Waals surface area contributed by atoms with E-state index in [0.717, 1.165) is 16.3 Å². The van der Waals surface area contributed by atoms with E-state index in [1.165, 1.54) is 28.7 Å². The number of aromatic nitrogens is 4. The number of thiazole rings is 1. The molecular weight excluding hydrogens is 342 g/mol. The smallest absolute Gasteiger partial charge is 0.236 e. The summed E-state index contributed by atoms with van der Waals surface area (Å²) in [5.74, 6) is 0.945. The lowest BCUT2D eigenvalue weighted by Crippen LogP contribution is -2.14. The van der Waals surface area contributed by atoms with Crippen LogP contribution < -0.4 is 5.32 Å². The Morgan fingerprint density at radius 2 is 2.00 bits per heavy atom. The van der Waals surface area contributed by atoms with Gasteiger partial charge in [-0.15, -0.1) is 21.5 Å². The lowest BCUT2D eigenvalue weighted by Gasteiger charge is -2.04. The van der Waals surface area contributed by atoms with Crippen molar-refractivity contribution in [2.45, 2.75) is 19.0 Å². The first kappa shape index (κ1) is 16.7. The van der Waals surface area contributed by atoms with Gasteiger partial charge in [0.2, 0.25) is 5.91 Å². The fraction of sp³-hybridized carbons (Fsp3) is 0.250. The highest BCUT2D eigenvalue weighted by atomic mass is 32.2. The van der Waals surface area contributed by atoms with E-state index in [2.05, 4.69) is 20.5 Å². The van der Waals surface area contributed by atoms with Crippen LogP contribution in [-0.2, 0) is 11.8 Å². The van der Waals surface area contributed by atoms with Gasteiger partial charge >= 0.3 is 0 Å². The average molecular weight is 359 g/mol. The summed E-state index contributed by atoms with van der Waals surface area (Å²) in [5.41, 5.74) is 2.20. The maximum Gasteiger partial charge on any atom is 0.236 e. The highest BCUT2D eigenvalue weighted by Crippen LogP contribution is 2.23. The number of rotatable bonds is 5. The molecule has 24 heavy (non-hydrogen) atoms. The number of aryl methyl sites for hydroxylation is 2. The number of carbonyl (C=O) groups excluding carboxylic acids is 1. The van der Waals surface area contributed by atoms with Crippen molar-refractivity contribution >= 4 is 34.1 Å². The molecule has 0 radical (unpaired) electrons. The lowest BCUT2D eigenvalue weighted by atomic mass is 10.1. The SMILES string of the molecule is Cc1ccc(-c2nnc(SCC(=O)Nc3ncc(C)s3)n2C)cc1. The third-order valence-electron chi connectivity index (χ3n) is 3.34. The van der Waals surface area contributed by atoms with Crippen LogP contribution in [-0.4, -0.2) is 31.4 Å². The summed E-state index contributed by atoms with van der Waals surface area (Å²) in [5, 5.41) is 12.5. The molecule has 6 nitrogen and oxygen atoms in total. The van der Waals surface area contributed by atoms with E-state index in [4.69, 9.17) is 0 Å². The van der Waals surface area contributed by atoms with Gasteiger partial charge in [-0.2, -0.15) is 0 Å². The summed E-state index contributed by atoms with van der Waals surface area (Å²) in [6.07, 6.45) is 1.74. The molecule has 0 aliphatic rings. The number of hydrogen-bond donors (Lipinski definition) is 1. The Bertz CT molecular complexity index is 854. The summed E-state index contributed by atoms with van der Waals surface area (Å²) in [7, 11) is 1.90. The molecule has 2 aromatic heterocycles. The van der Waals surface area contributed by atoms with E-state index in [0.29, 0.717) is 10.3 Å². The molecule has 1 N–H and O–H groups in total. The summed E-state index contributed by atoms with van der Waals surface area (Å²) in [4.78, 5) is 17.2. The van der Waals surface area contributed by atoms with Gasteiger partial charge in [-0.3, -0.25) is 4.79 Å². The minimum Gasteiger partial charge on any atom is -0.305 e. The molecule has 124 valence electrons. The van der Waals surface area contributed by atoms with Gasteiger partial charge in [-0.25, -0.2) is 4.98 Å². The molecule has 8 heteroatoms. The maximum atomic E-state index is 12.0. The molecule has 0 aliphatic carbocycles. The normalized spacial score (nSPS) is 10.8. The van der Waals surface area contributed by atoms with Crippen molar-refractivity contribution in [3.63, 3.8) is 0 Å². The van der Waals surface area contributed by atoms with Crippen LogP contribution in [0.4, 0.5) is 5.13 Å². The van der Waals surface area contributed by atoms with Gasteiger partial charge in [0.1, 0.15) is 0 Å².